The zero-order valence-corrected chi connectivity index (χ0v) is 15.5. The maximum absolute atomic E-state index is 12.2. The standard InChI is InChI=1S/C18H27NO2S2/c1-2-3-6-18-17(9-10-22-18)12-16-13-19(14-16)23(20,21)11-4-5-15-7-8-15/h4-5,9-10,15-16H,2-3,6-8,11-14H2,1H3. The molecule has 0 amide bonds. The van der Waals surface area contributed by atoms with Crippen LogP contribution in [0.5, 0.6) is 0 Å². The maximum atomic E-state index is 12.2. The Bertz CT molecular complexity index is 638. The predicted octanol–water partition coefficient (Wildman–Crippen LogP) is 3.86. The van der Waals surface area contributed by atoms with Gasteiger partial charge in [0, 0.05) is 18.0 Å². The number of hydrogen-bond acceptors (Lipinski definition) is 3. The highest BCUT2D eigenvalue weighted by atomic mass is 32.2. The molecule has 0 atom stereocenters. The number of thiophene rings is 1. The molecule has 23 heavy (non-hydrogen) atoms. The largest absolute Gasteiger partial charge is 0.217 e. The van der Waals surface area contributed by atoms with E-state index in [1.54, 1.807) is 4.31 Å². The Kier molecular flexibility index (Phi) is 5.60. The highest BCUT2D eigenvalue weighted by Gasteiger charge is 2.35. The number of allylic oxidation sites excluding steroid dienone is 1. The summed E-state index contributed by atoms with van der Waals surface area (Å²) in [7, 11) is -3.08. The van der Waals surface area contributed by atoms with E-state index < -0.39 is 10.0 Å². The summed E-state index contributed by atoms with van der Waals surface area (Å²) in [5.41, 5.74) is 1.44. The van der Waals surface area contributed by atoms with Gasteiger partial charge in [-0.25, -0.2) is 12.7 Å². The van der Waals surface area contributed by atoms with E-state index in [2.05, 4.69) is 24.4 Å². The molecule has 1 aromatic rings. The van der Waals surface area contributed by atoms with Crippen molar-refractivity contribution < 1.29 is 8.42 Å². The van der Waals surface area contributed by atoms with Gasteiger partial charge in [-0.2, -0.15) is 0 Å². The summed E-state index contributed by atoms with van der Waals surface area (Å²) in [6.07, 6.45) is 11.0. The van der Waals surface area contributed by atoms with Crippen molar-refractivity contribution in [3.8, 4) is 0 Å². The molecule has 0 aromatic carbocycles. The minimum absolute atomic E-state index is 0.177. The van der Waals surface area contributed by atoms with Crippen molar-refractivity contribution in [2.75, 3.05) is 18.8 Å². The first-order valence-corrected chi connectivity index (χ1v) is 11.3. The minimum atomic E-state index is -3.08. The Hall–Kier alpha value is -0.650. The lowest BCUT2D eigenvalue weighted by atomic mass is 9.94. The second-order valence-electron chi connectivity index (χ2n) is 6.90. The van der Waals surface area contributed by atoms with Gasteiger partial charge in [0.25, 0.3) is 0 Å². The van der Waals surface area contributed by atoms with E-state index in [1.165, 1.54) is 42.5 Å². The lowest BCUT2D eigenvalue weighted by molar-refractivity contribution is 0.200. The Morgan fingerprint density at radius 1 is 1.35 bits per heavy atom. The van der Waals surface area contributed by atoms with Crippen LogP contribution in [0.25, 0.3) is 0 Å². The molecule has 128 valence electrons. The summed E-state index contributed by atoms with van der Waals surface area (Å²) >= 11 is 1.85. The highest BCUT2D eigenvalue weighted by molar-refractivity contribution is 7.89. The molecule has 3 nitrogen and oxygen atoms in total. The van der Waals surface area contributed by atoms with E-state index in [-0.39, 0.29) is 5.75 Å². The quantitative estimate of drug-likeness (QED) is 0.632. The van der Waals surface area contributed by atoms with Gasteiger partial charge >= 0.3 is 0 Å². The molecule has 5 heteroatoms. The van der Waals surface area contributed by atoms with Crippen LogP contribution in [-0.2, 0) is 22.9 Å². The van der Waals surface area contributed by atoms with Gasteiger partial charge < -0.3 is 0 Å². The minimum Gasteiger partial charge on any atom is -0.212 e. The first-order chi connectivity index (χ1) is 11.1. The van der Waals surface area contributed by atoms with E-state index in [0.717, 1.165) is 6.42 Å². The lowest BCUT2D eigenvalue weighted by Crippen LogP contribution is -2.51. The van der Waals surface area contributed by atoms with Gasteiger partial charge in [-0.1, -0.05) is 25.5 Å². The highest BCUT2D eigenvalue weighted by Crippen LogP contribution is 2.31. The summed E-state index contributed by atoms with van der Waals surface area (Å²) in [6, 6.07) is 2.23. The summed E-state index contributed by atoms with van der Waals surface area (Å²) in [5.74, 6) is 1.32. The van der Waals surface area contributed by atoms with E-state index in [1.807, 2.05) is 17.4 Å². The van der Waals surface area contributed by atoms with E-state index in [9.17, 15) is 8.42 Å². The zero-order chi connectivity index (χ0) is 16.3. The second kappa shape index (κ2) is 7.49. The van der Waals surface area contributed by atoms with Crippen LogP contribution < -0.4 is 0 Å². The first-order valence-electron chi connectivity index (χ1n) is 8.78. The average Bonchev–Trinajstić information content (AvgIpc) is 3.18. The number of rotatable bonds is 9. The van der Waals surface area contributed by atoms with Crippen LogP contribution >= 0.6 is 11.3 Å². The van der Waals surface area contributed by atoms with Crippen molar-refractivity contribution in [2.24, 2.45) is 11.8 Å². The SMILES string of the molecule is CCCCc1sccc1CC1CN(S(=O)(=O)CC=CC2CC2)C1. The molecule has 2 fully saturated rings. The molecule has 0 bridgehead atoms. The summed E-state index contributed by atoms with van der Waals surface area (Å²) < 4.78 is 26.2. The molecule has 1 saturated carbocycles. The fourth-order valence-electron chi connectivity index (χ4n) is 3.06. The Labute approximate surface area is 144 Å². The zero-order valence-electron chi connectivity index (χ0n) is 13.9. The van der Waals surface area contributed by atoms with Crippen molar-refractivity contribution in [1.82, 2.24) is 4.31 Å². The number of unbranched alkanes of at least 4 members (excludes halogenated alkanes) is 1. The third-order valence-corrected chi connectivity index (χ3v) is 7.48. The lowest BCUT2D eigenvalue weighted by Gasteiger charge is -2.38. The number of hydrogen-bond donors (Lipinski definition) is 0. The molecule has 2 heterocycles. The topological polar surface area (TPSA) is 37.4 Å². The smallest absolute Gasteiger partial charge is 0.212 e. The Balaban J connectivity index is 1.46. The molecule has 0 radical (unpaired) electrons. The Morgan fingerprint density at radius 2 is 2.13 bits per heavy atom. The fourth-order valence-corrected chi connectivity index (χ4v) is 5.46. The van der Waals surface area contributed by atoms with E-state index >= 15 is 0 Å². The van der Waals surface area contributed by atoms with Crippen molar-refractivity contribution in [3.05, 3.63) is 34.0 Å². The summed E-state index contributed by atoms with van der Waals surface area (Å²) in [6.45, 7) is 3.62. The van der Waals surface area contributed by atoms with Crippen LogP contribution in [0, 0.1) is 11.8 Å². The molecule has 1 aliphatic carbocycles. The van der Waals surface area contributed by atoms with Gasteiger partial charge in [-0.3, -0.25) is 0 Å². The molecule has 0 N–H and O–H groups in total. The van der Waals surface area contributed by atoms with Crippen molar-refractivity contribution in [1.29, 1.82) is 0 Å². The molecular weight excluding hydrogens is 326 g/mol. The normalized spacial score (nSPS) is 20.2. The van der Waals surface area contributed by atoms with Crippen LogP contribution in [0.1, 0.15) is 43.0 Å². The van der Waals surface area contributed by atoms with E-state index in [4.69, 9.17) is 0 Å². The number of sulfonamides is 1. The average molecular weight is 354 g/mol. The van der Waals surface area contributed by atoms with Gasteiger partial charge in [0.2, 0.25) is 10.0 Å². The Morgan fingerprint density at radius 3 is 2.83 bits per heavy atom. The van der Waals surface area contributed by atoms with Crippen LogP contribution in [0.2, 0.25) is 0 Å². The first kappa shape index (κ1) is 17.2. The van der Waals surface area contributed by atoms with Crippen LogP contribution in [-0.4, -0.2) is 31.6 Å². The molecule has 1 aromatic heterocycles. The second-order valence-corrected chi connectivity index (χ2v) is 9.92. The van der Waals surface area contributed by atoms with Gasteiger partial charge in [-0.15, -0.1) is 11.3 Å². The molecular formula is C18H27NO2S2. The van der Waals surface area contributed by atoms with Crippen molar-refractivity contribution >= 4 is 21.4 Å². The number of aryl methyl sites for hydroxylation is 1. The van der Waals surface area contributed by atoms with E-state index in [0.29, 0.717) is 24.9 Å². The maximum Gasteiger partial charge on any atom is 0.217 e. The monoisotopic (exact) mass is 353 g/mol. The molecule has 2 aliphatic rings. The molecule has 1 saturated heterocycles. The van der Waals surface area contributed by atoms with Gasteiger partial charge in [-0.05, 0) is 60.9 Å². The molecule has 0 unspecified atom stereocenters. The van der Waals surface area contributed by atoms with Crippen LogP contribution in [0.4, 0.5) is 0 Å². The van der Waals surface area contributed by atoms with Crippen molar-refractivity contribution in [3.63, 3.8) is 0 Å². The predicted molar refractivity (Wildman–Crippen MR) is 97.3 cm³/mol. The van der Waals surface area contributed by atoms with Crippen LogP contribution in [0.3, 0.4) is 0 Å². The van der Waals surface area contributed by atoms with Crippen molar-refractivity contribution in [2.45, 2.75) is 45.4 Å². The molecule has 1 aliphatic heterocycles. The molecule has 3 rings (SSSR count). The number of nitrogens with zero attached hydrogens (tertiary/aromatic N) is 1. The summed E-state index contributed by atoms with van der Waals surface area (Å²) in [5, 5.41) is 2.18. The fraction of sp³-hybridized carbons (Fsp3) is 0.667. The third kappa shape index (κ3) is 4.68. The van der Waals surface area contributed by atoms with Crippen LogP contribution in [0.15, 0.2) is 23.6 Å². The van der Waals surface area contributed by atoms with Gasteiger partial charge in [0.1, 0.15) is 0 Å². The van der Waals surface area contributed by atoms with Gasteiger partial charge in [0.15, 0.2) is 0 Å². The summed E-state index contributed by atoms with van der Waals surface area (Å²) in [4.78, 5) is 1.50. The molecule has 0 spiro atoms. The van der Waals surface area contributed by atoms with Gasteiger partial charge in [0.05, 0.1) is 5.75 Å². The third-order valence-electron chi connectivity index (χ3n) is 4.76.